The van der Waals surface area contributed by atoms with Crippen molar-refractivity contribution in [1.82, 2.24) is 9.78 Å². The smallest absolute Gasteiger partial charge is 0.0701 e. The van der Waals surface area contributed by atoms with Crippen molar-refractivity contribution in [1.29, 1.82) is 0 Å². The molecule has 0 bridgehead atoms. The fourth-order valence-corrected chi connectivity index (χ4v) is 3.05. The molecule has 0 saturated carbocycles. The molecule has 0 aliphatic carbocycles. The van der Waals surface area contributed by atoms with Gasteiger partial charge in [0.15, 0.2) is 0 Å². The van der Waals surface area contributed by atoms with Gasteiger partial charge >= 0.3 is 0 Å². The number of thioether (sulfide) groups is 1. The molecule has 0 aliphatic heterocycles. The van der Waals surface area contributed by atoms with Crippen LogP contribution in [0.2, 0.25) is 0 Å². The van der Waals surface area contributed by atoms with Crippen molar-refractivity contribution in [3.05, 3.63) is 66.5 Å². The van der Waals surface area contributed by atoms with Gasteiger partial charge in [0.2, 0.25) is 0 Å². The van der Waals surface area contributed by atoms with Gasteiger partial charge in [-0.05, 0) is 24.0 Å². The van der Waals surface area contributed by atoms with E-state index in [1.54, 1.807) is 11.8 Å². The lowest BCUT2D eigenvalue weighted by atomic mass is 10.1. The predicted molar refractivity (Wildman–Crippen MR) is 88.7 cm³/mol. The van der Waals surface area contributed by atoms with E-state index in [-0.39, 0.29) is 0 Å². The second-order valence-corrected chi connectivity index (χ2v) is 5.55. The maximum Gasteiger partial charge on any atom is 0.0701 e. The summed E-state index contributed by atoms with van der Waals surface area (Å²) in [4.78, 5) is 1.20. The molecule has 0 aliphatic rings. The highest BCUT2D eigenvalue weighted by Gasteiger charge is 2.10. The monoisotopic (exact) mass is 295 g/mol. The minimum atomic E-state index is 0.507. The van der Waals surface area contributed by atoms with Crippen molar-refractivity contribution >= 4 is 11.8 Å². The Morgan fingerprint density at radius 1 is 1.05 bits per heavy atom. The molecule has 0 unspecified atom stereocenters. The van der Waals surface area contributed by atoms with Crippen molar-refractivity contribution in [3.63, 3.8) is 0 Å². The molecule has 2 N–H and O–H groups in total. The Labute approximate surface area is 128 Å². The highest BCUT2D eigenvalue weighted by Crippen LogP contribution is 2.27. The van der Waals surface area contributed by atoms with E-state index in [4.69, 9.17) is 5.73 Å². The van der Waals surface area contributed by atoms with Gasteiger partial charge in [0.05, 0.1) is 11.9 Å². The van der Waals surface area contributed by atoms with Crippen LogP contribution >= 0.6 is 11.8 Å². The summed E-state index contributed by atoms with van der Waals surface area (Å²) in [5, 5.41) is 4.50. The summed E-state index contributed by atoms with van der Waals surface area (Å²) in [6.45, 7) is 0.507. The molecule has 106 valence electrons. The lowest BCUT2D eigenvalue weighted by Gasteiger charge is -2.11. The summed E-state index contributed by atoms with van der Waals surface area (Å²) in [7, 11) is 0. The summed E-state index contributed by atoms with van der Waals surface area (Å²) < 4.78 is 1.91. The molecular formula is C17H17N3S. The SMILES string of the molecule is CSc1cccc(-n2cc(-c3ccccc3)cn2)c1CN. The number of nitrogens with two attached hydrogens (primary N) is 1. The highest BCUT2D eigenvalue weighted by atomic mass is 32.2. The highest BCUT2D eigenvalue weighted by molar-refractivity contribution is 7.98. The van der Waals surface area contributed by atoms with Crippen LogP contribution in [0, 0.1) is 0 Å². The molecule has 0 fully saturated rings. The third-order valence-electron chi connectivity index (χ3n) is 3.47. The molecule has 3 nitrogen and oxygen atoms in total. The van der Waals surface area contributed by atoms with E-state index in [2.05, 4.69) is 35.6 Å². The molecular weight excluding hydrogens is 278 g/mol. The molecule has 3 aromatic rings. The zero-order valence-corrected chi connectivity index (χ0v) is 12.7. The van der Waals surface area contributed by atoms with Gasteiger partial charge in [-0.3, -0.25) is 0 Å². The molecule has 1 aromatic heterocycles. The first-order valence-electron chi connectivity index (χ1n) is 6.80. The molecule has 21 heavy (non-hydrogen) atoms. The number of rotatable bonds is 4. The van der Waals surface area contributed by atoms with Gasteiger partial charge in [-0.15, -0.1) is 11.8 Å². The summed E-state index contributed by atoms with van der Waals surface area (Å²) in [5.74, 6) is 0. The number of aromatic nitrogens is 2. The van der Waals surface area contributed by atoms with Crippen LogP contribution in [0.25, 0.3) is 16.8 Å². The number of hydrogen-bond donors (Lipinski definition) is 1. The van der Waals surface area contributed by atoms with Crippen LogP contribution in [0.4, 0.5) is 0 Å². The zero-order valence-electron chi connectivity index (χ0n) is 11.9. The number of nitrogens with zero attached hydrogens (tertiary/aromatic N) is 2. The van der Waals surface area contributed by atoms with E-state index >= 15 is 0 Å². The van der Waals surface area contributed by atoms with Crippen LogP contribution in [-0.4, -0.2) is 16.0 Å². The van der Waals surface area contributed by atoms with Gasteiger partial charge in [0.25, 0.3) is 0 Å². The second kappa shape index (κ2) is 6.16. The minimum absolute atomic E-state index is 0.507. The Bertz CT molecular complexity index is 735. The van der Waals surface area contributed by atoms with Crippen molar-refractivity contribution < 1.29 is 0 Å². The molecule has 1 heterocycles. The Morgan fingerprint density at radius 3 is 2.57 bits per heavy atom. The first kappa shape index (κ1) is 13.9. The van der Waals surface area contributed by atoms with Gasteiger partial charge in [-0.25, -0.2) is 4.68 Å². The topological polar surface area (TPSA) is 43.8 Å². The van der Waals surface area contributed by atoms with E-state index in [1.807, 2.05) is 41.3 Å². The first-order chi connectivity index (χ1) is 10.3. The van der Waals surface area contributed by atoms with Gasteiger partial charge in [0, 0.05) is 28.8 Å². The summed E-state index contributed by atoms with van der Waals surface area (Å²) >= 11 is 1.71. The molecule has 4 heteroatoms. The second-order valence-electron chi connectivity index (χ2n) is 4.70. The minimum Gasteiger partial charge on any atom is -0.326 e. The summed E-state index contributed by atoms with van der Waals surface area (Å²) in [6, 6.07) is 16.5. The fraction of sp³-hybridized carbons (Fsp3) is 0.118. The average Bonchev–Trinajstić information content (AvgIpc) is 3.04. The van der Waals surface area contributed by atoms with E-state index in [0.717, 1.165) is 16.8 Å². The van der Waals surface area contributed by atoms with Crippen molar-refractivity contribution in [2.45, 2.75) is 11.4 Å². The molecule has 0 amide bonds. The lowest BCUT2D eigenvalue weighted by Crippen LogP contribution is -2.06. The zero-order chi connectivity index (χ0) is 14.7. The first-order valence-corrected chi connectivity index (χ1v) is 8.02. The maximum absolute atomic E-state index is 5.93. The van der Waals surface area contributed by atoms with Gasteiger partial charge < -0.3 is 5.73 Å². The van der Waals surface area contributed by atoms with Gasteiger partial charge in [-0.1, -0.05) is 36.4 Å². The van der Waals surface area contributed by atoms with E-state index in [0.29, 0.717) is 6.54 Å². The Balaban J connectivity index is 2.05. The van der Waals surface area contributed by atoms with Crippen molar-refractivity contribution in [2.75, 3.05) is 6.26 Å². The van der Waals surface area contributed by atoms with Crippen molar-refractivity contribution in [2.24, 2.45) is 5.73 Å². The van der Waals surface area contributed by atoms with Crippen LogP contribution in [0.1, 0.15) is 5.56 Å². The van der Waals surface area contributed by atoms with Crippen LogP contribution < -0.4 is 5.73 Å². The molecule has 0 spiro atoms. The van der Waals surface area contributed by atoms with Gasteiger partial charge in [0.1, 0.15) is 0 Å². The standard InChI is InChI=1S/C17H17N3S/c1-21-17-9-5-8-16(15(17)10-18)20-12-14(11-19-20)13-6-3-2-4-7-13/h2-9,11-12H,10,18H2,1H3. The quantitative estimate of drug-likeness (QED) is 0.746. The summed E-state index contributed by atoms with van der Waals surface area (Å²) in [6.07, 6.45) is 6.01. The predicted octanol–water partition coefficient (Wildman–Crippen LogP) is 3.72. The van der Waals surface area contributed by atoms with Crippen LogP contribution in [0.5, 0.6) is 0 Å². The molecule has 0 saturated heterocycles. The largest absolute Gasteiger partial charge is 0.326 e. The average molecular weight is 295 g/mol. The lowest BCUT2D eigenvalue weighted by molar-refractivity contribution is 0.849. The Morgan fingerprint density at radius 2 is 1.86 bits per heavy atom. The molecule has 3 rings (SSSR count). The van der Waals surface area contributed by atoms with E-state index in [1.165, 1.54) is 10.5 Å². The third-order valence-corrected chi connectivity index (χ3v) is 4.29. The summed E-state index contributed by atoms with van der Waals surface area (Å²) in [5.41, 5.74) is 10.4. The fourth-order valence-electron chi connectivity index (χ4n) is 2.40. The number of hydrogen-bond acceptors (Lipinski definition) is 3. The van der Waals surface area contributed by atoms with Crippen LogP contribution in [0.3, 0.4) is 0 Å². The normalized spacial score (nSPS) is 10.8. The van der Waals surface area contributed by atoms with Crippen LogP contribution in [0.15, 0.2) is 65.8 Å². The van der Waals surface area contributed by atoms with Crippen LogP contribution in [-0.2, 0) is 6.54 Å². The number of benzene rings is 2. The van der Waals surface area contributed by atoms with E-state index < -0.39 is 0 Å². The van der Waals surface area contributed by atoms with Gasteiger partial charge in [-0.2, -0.15) is 5.10 Å². The van der Waals surface area contributed by atoms with Crippen molar-refractivity contribution in [3.8, 4) is 16.8 Å². The third kappa shape index (κ3) is 2.73. The Hall–Kier alpha value is -2.04. The molecule has 2 aromatic carbocycles. The Kier molecular flexibility index (Phi) is 4.08. The van der Waals surface area contributed by atoms with E-state index in [9.17, 15) is 0 Å². The maximum atomic E-state index is 5.93. The molecule has 0 atom stereocenters. The molecule has 0 radical (unpaired) electrons.